The van der Waals surface area contributed by atoms with Gasteiger partial charge < -0.3 is 19.3 Å². The Morgan fingerprint density at radius 1 is 1.03 bits per heavy atom. The van der Waals surface area contributed by atoms with Gasteiger partial charge in [0.1, 0.15) is 11.2 Å². The molecule has 8 nitrogen and oxygen atoms in total. The number of hydrogen-bond acceptors (Lipinski definition) is 7. The Hall–Kier alpha value is -2.81. The van der Waals surface area contributed by atoms with Gasteiger partial charge in [-0.25, -0.2) is 9.97 Å². The summed E-state index contributed by atoms with van der Waals surface area (Å²) < 4.78 is 7.04. The Morgan fingerprint density at radius 3 is 2.49 bits per heavy atom. The van der Waals surface area contributed by atoms with Crippen molar-refractivity contribution in [3.8, 4) is 11.3 Å². The molecule has 37 heavy (non-hydrogen) atoms. The first-order valence-corrected chi connectivity index (χ1v) is 13.7. The number of anilines is 1. The van der Waals surface area contributed by atoms with Gasteiger partial charge in [-0.3, -0.25) is 9.69 Å². The largest absolute Gasteiger partial charge is 0.396 e. The zero-order valence-corrected chi connectivity index (χ0v) is 21.7. The lowest BCUT2D eigenvalue weighted by Gasteiger charge is -2.38. The number of fused-ring (bicyclic) bond motifs is 1. The van der Waals surface area contributed by atoms with Gasteiger partial charge in [-0.2, -0.15) is 0 Å². The number of aromatic nitrogens is 3. The highest BCUT2D eigenvalue weighted by atomic mass is 16.5. The van der Waals surface area contributed by atoms with Crippen LogP contribution in [0.4, 0.5) is 5.82 Å². The predicted molar refractivity (Wildman–Crippen MR) is 145 cm³/mol. The first kappa shape index (κ1) is 24.5. The topological polar surface area (TPSA) is 83.7 Å². The Bertz CT molecular complexity index is 1290. The molecule has 0 spiro atoms. The molecule has 8 heteroatoms. The van der Waals surface area contributed by atoms with E-state index in [1.807, 2.05) is 6.07 Å². The first-order valence-electron chi connectivity index (χ1n) is 13.7. The monoisotopic (exact) mass is 503 g/mol. The van der Waals surface area contributed by atoms with Crippen LogP contribution >= 0.6 is 0 Å². The normalized spacial score (nSPS) is 25.1. The standard InChI is InChI=1S/C29H37N5O3/c1-32-19-30-26-16-25(31-28(27(26)29(32)36)34-11-10-20(17-34)18-35)23-4-2-21(3-5-23)22-6-8-24(9-7-22)33-12-14-37-15-13-33/h2-5,16,19-20,22,24,35H,6-15,17-18H2,1H3/t20-,22-,24-/m0/s1. The van der Waals surface area contributed by atoms with Crippen molar-refractivity contribution in [1.29, 1.82) is 0 Å². The summed E-state index contributed by atoms with van der Waals surface area (Å²) in [6.45, 7) is 5.52. The van der Waals surface area contributed by atoms with Crippen molar-refractivity contribution in [3.63, 3.8) is 0 Å². The number of aryl methyl sites for hydroxylation is 1. The summed E-state index contributed by atoms with van der Waals surface area (Å²) in [5.74, 6) is 1.50. The molecule has 3 aliphatic rings. The maximum Gasteiger partial charge on any atom is 0.264 e. The molecular weight excluding hydrogens is 466 g/mol. The second kappa shape index (κ2) is 10.5. The summed E-state index contributed by atoms with van der Waals surface area (Å²) in [5.41, 5.74) is 3.85. The number of aliphatic hydroxyl groups is 1. The van der Waals surface area contributed by atoms with Crippen LogP contribution in [0.15, 0.2) is 41.5 Å². The average molecular weight is 504 g/mol. The molecule has 1 aliphatic carbocycles. The SMILES string of the molecule is Cn1cnc2cc(-c3ccc([C@H]4CC[C@H](N5CCOCC5)CC4)cc3)nc(N3CC[C@H](CO)C3)c2c1=O. The number of rotatable bonds is 5. The lowest BCUT2D eigenvalue weighted by Crippen LogP contribution is -2.44. The van der Waals surface area contributed by atoms with Gasteiger partial charge in [0.15, 0.2) is 0 Å². The van der Waals surface area contributed by atoms with E-state index in [1.165, 1.54) is 35.8 Å². The van der Waals surface area contributed by atoms with Crippen molar-refractivity contribution >= 4 is 16.7 Å². The van der Waals surface area contributed by atoms with Crippen molar-refractivity contribution in [3.05, 3.63) is 52.6 Å². The number of pyridine rings is 1. The number of aliphatic hydroxyl groups excluding tert-OH is 1. The molecule has 0 bridgehead atoms. The van der Waals surface area contributed by atoms with Crippen LogP contribution in [0.3, 0.4) is 0 Å². The smallest absolute Gasteiger partial charge is 0.264 e. The van der Waals surface area contributed by atoms with E-state index in [-0.39, 0.29) is 18.1 Å². The molecule has 1 atom stereocenters. The van der Waals surface area contributed by atoms with Crippen LogP contribution < -0.4 is 10.5 Å². The molecular formula is C29H37N5O3. The molecule has 1 N–H and O–H groups in total. The van der Waals surface area contributed by atoms with Gasteiger partial charge in [0, 0.05) is 57.4 Å². The Labute approximate surface area is 217 Å². The summed E-state index contributed by atoms with van der Waals surface area (Å²) in [6, 6.07) is 11.5. The van der Waals surface area contributed by atoms with Crippen molar-refractivity contribution in [2.24, 2.45) is 13.0 Å². The summed E-state index contributed by atoms with van der Waals surface area (Å²) in [4.78, 5) is 27.4. The fourth-order valence-corrected chi connectivity index (χ4v) is 6.40. The van der Waals surface area contributed by atoms with Crippen molar-refractivity contribution in [2.45, 2.75) is 44.1 Å². The zero-order valence-electron chi connectivity index (χ0n) is 21.7. The Morgan fingerprint density at radius 2 is 1.78 bits per heavy atom. The molecule has 2 saturated heterocycles. The molecule has 1 saturated carbocycles. The van der Waals surface area contributed by atoms with Gasteiger partial charge in [-0.15, -0.1) is 0 Å². The Balaban J connectivity index is 1.24. The number of nitrogens with zero attached hydrogens (tertiary/aromatic N) is 5. The number of benzene rings is 1. The molecule has 2 aromatic heterocycles. The zero-order chi connectivity index (χ0) is 25.4. The molecule has 3 fully saturated rings. The molecule has 0 unspecified atom stereocenters. The molecule has 1 aromatic carbocycles. The summed E-state index contributed by atoms with van der Waals surface area (Å²) in [7, 11) is 1.72. The van der Waals surface area contributed by atoms with Crippen LogP contribution in [0.25, 0.3) is 22.2 Å². The highest BCUT2D eigenvalue weighted by Gasteiger charge is 2.28. The molecule has 2 aliphatic heterocycles. The van der Waals surface area contributed by atoms with E-state index in [9.17, 15) is 9.90 Å². The lowest BCUT2D eigenvalue weighted by atomic mass is 9.81. The van der Waals surface area contributed by atoms with Crippen molar-refractivity contribution in [1.82, 2.24) is 19.4 Å². The molecule has 3 aromatic rings. The highest BCUT2D eigenvalue weighted by molar-refractivity contribution is 5.91. The summed E-state index contributed by atoms with van der Waals surface area (Å²) in [5, 5.41) is 10.2. The van der Waals surface area contributed by atoms with Gasteiger partial charge in [0.05, 0.1) is 30.8 Å². The molecule has 196 valence electrons. The van der Waals surface area contributed by atoms with E-state index >= 15 is 0 Å². The predicted octanol–water partition coefficient (Wildman–Crippen LogP) is 3.17. The molecule has 0 radical (unpaired) electrons. The number of ether oxygens (including phenoxy) is 1. The van der Waals surface area contributed by atoms with Gasteiger partial charge in [-0.1, -0.05) is 24.3 Å². The minimum atomic E-state index is -0.0884. The lowest BCUT2D eigenvalue weighted by molar-refractivity contribution is 0.00730. The second-order valence-electron chi connectivity index (χ2n) is 10.9. The van der Waals surface area contributed by atoms with E-state index in [0.29, 0.717) is 35.2 Å². The maximum atomic E-state index is 13.0. The van der Waals surface area contributed by atoms with Crippen LogP contribution in [0.1, 0.15) is 43.6 Å². The van der Waals surface area contributed by atoms with Crippen LogP contribution in [-0.2, 0) is 11.8 Å². The van der Waals surface area contributed by atoms with Crippen molar-refractivity contribution < 1.29 is 9.84 Å². The number of hydrogen-bond donors (Lipinski definition) is 1. The van der Waals surface area contributed by atoms with Crippen molar-refractivity contribution in [2.75, 3.05) is 50.9 Å². The highest BCUT2D eigenvalue weighted by Crippen LogP contribution is 2.36. The van der Waals surface area contributed by atoms with Crippen LogP contribution in [0, 0.1) is 5.92 Å². The fourth-order valence-electron chi connectivity index (χ4n) is 6.40. The minimum absolute atomic E-state index is 0.0884. The first-order chi connectivity index (χ1) is 18.1. The van der Waals surface area contributed by atoms with E-state index in [0.717, 1.165) is 50.5 Å². The van der Waals surface area contributed by atoms with E-state index in [1.54, 1.807) is 13.4 Å². The fraction of sp³-hybridized carbons (Fsp3) is 0.552. The van der Waals surface area contributed by atoms with Gasteiger partial charge in [0.2, 0.25) is 0 Å². The number of morpholine rings is 1. The second-order valence-corrected chi connectivity index (χ2v) is 10.9. The third kappa shape index (κ3) is 4.90. The third-order valence-corrected chi connectivity index (χ3v) is 8.66. The molecule has 6 rings (SSSR count). The van der Waals surface area contributed by atoms with Gasteiger partial charge in [-0.05, 0) is 49.7 Å². The van der Waals surface area contributed by atoms with Gasteiger partial charge >= 0.3 is 0 Å². The quantitative estimate of drug-likeness (QED) is 0.573. The van der Waals surface area contributed by atoms with Gasteiger partial charge in [0.25, 0.3) is 5.56 Å². The van der Waals surface area contributed by atoms with Crippen LogP contribution in [-0.4, -0.2) is 76.6 Å². The summed E-state index contributed by atoms with van der Waals surface area (Å²) >= 11 is 0. The van der Waals surface area contributed by atoms with E-state index < -0.39 is 0 Å². The van der Waals surface area contributed by atoms with Crippen LogP contribution in [0.5, 0.6) is 0 Å². The minimum Gasteiger partial charge on any atom is -0.396 e. The average Bonchev–Trinajstić information content (AvgIpc) is 3.45. The summed E-state index contributed by atoms with van der Waals surface area (Å²) in [6.07, 6.45) is 7.45. The third-order valence-electron chi connectivity index (χ3n) is 8.66. The Kier molecular flexibility index (Phi) is 6.97. The molecule has 0 amide bonds. The van der Waals surface area contributed by atoms with E-state index in [2.05, 4.69) is 39.0 Å². The maximum absolute atomic E-state index is 13.0. The molecule has 4 heterocycles. The van der Waals surface area contributed by atoms with Crippen LogP contribution in [0.2, 0.25) is 0 Å². The van der Waals surface area contributed by atoms with E-state index in [4.69, 9.17) is 9.72 Å².